The molecule has 3 atom stereocenters. The monoisotopic (exact) mass is 317 g/mol. The van der Waals surface area contributed by atoms with E-state index >= 15 is 0 Å². The van der Waals surface area contributed by atoms with Crippen molar-refractivity contribution in [2.24, 2.45) is 5.92 Å². The van der Waals surface area contributed by atoms with Crippen LogP contribution in [0.2, 0.25) is 0 Å². The molecule has 0 bridgehead atoms. The van der Waals surface area contributed by atoms with E-state index in [9.17, 15) is 10.2 Å². The van der Waals surface area contributed by atoms with Crippen molar-refractivity contribution in [1.82, 2.24) is 4.90 Å². The van der Waals surface area contributed by atoms with Gasteiger partial charge in [0.2, 0.25) is 0 Å². The Hall–Kier alpha value is -1.66. The molecule has 0 aromatic heterocycles. The fourth-order valence-electron chi connectivity index (χ4n) is 3.39. The van der Waals surface area contributed by atoms with Crippen LogP contribution in [-0.2, 0) is 0 Å². The third-order valence-electron chi connectivity index (χ3n) is 4.37. The lowest BCUT2D eigenvalue weighted by Gasteiger charge is -2.40. The molecule has 1 aromatic rings. The van der Waals surface area contributed by atoms with Gasteiger partial charge in [-0.05, 0) is 44.1 Å². The standard InChI is InChI=1S/C9H14BNO2.C8H10O2/c1-11-3-2-6-4-7(12)5-9(10,13)8(6)11;1-9-7-5-3-4-6-8(7)10-2/h4,6,8,12-13H,2-3,5H2,1H3;3-6H,1-2H3. The Balaban J connectivity index is 0.000000174. The minimum Gasteiger partial charge on any atom is -0.513 e. The second-order valence-corrected chi connectivity index (χ2v) is 6.06. The van der Waals surface area contributed by atoms with Crippen molar-refractivity contribution in [2.45, 2.75) is 24.4 Å². The quantitative estimate of drug-likeness (QED) is 0.813. The number of hydrogen-bond donors (Lipinski definition) is 2. The lowest BCUT2D eigenvalue weighted by atomic mass is 9.66. The molecule has 1 fully saturated rings. The van der Waals surface area contributed by atoms with Crippen LogP contribution in [0.25, 0.3) is 0 Å². The third kappa shape index (κ3) is 4.01. The van der Waals surface area contributed by atoms with Gasteiger partial charge in [-0.25, -0.2) is 0 Å². The van der Waals surface area contributed by atoms with Crippen molar-refractivity contribution >= 4 is 7.85 Å². The van der Waals surface area contributed by atoms with Gasteiger partial charge in [0.15, 0.2) is 11.5 Å². The highest BCUT2D eigenvalue weighted by atomic mass is 16.5. The Bertz CT molecular complexity index is 538. The topological polar surface area (TPSA) is 62.2 Å². The molecule has 1 heterocycles. The summed E-state index contributed by atoms with van der Waals surface area (Å²) in [5.74, 6) is 1.96. The summed E-state index contributed by atoms with van der Waals surface area (Å²) in [6, 6.07) is 7.49. The average molecular weight is 317 g/mol. The van der Waals surface area contributed by atoms with Crippen molar-refractivity contribution in [3.63, 3.8) is 0 Å². The number of fused-ring (bicyclic) bond motifs is 1. The number of methoxy groups -OCH3 is 2. The summed E-state index contributed by atoms with van der Waals surface area (Å²) in [6.07, 6.45) is 2.96. The van der Waals surface area contributed by atoms with Gasteiger partial charge in [-0.3, -0.25) is 0 Å². The maximum atomic E-state index is 9.92. The molecule has 2 radical (unpaired) electrons. The Labute approximate surface area is 138 Å². The lowest BCUT2D eigenvalue weighted by Crippen LogP contribution is -2.53. The number of nitrogens with zero attached hydrogens (tertiary/aromatic N) is 1. The molecule has 2 N–H and O–H groups in total. The van der Waals surface area contributed by atoms with E-state index in [1.807, 2.05) is 37.4 Å². The number of hydrogen-bond acceptors (Lipinski definition) is 5. The lowest BCUT2D eigenvalue weighted by molar-refractivity contribution is 0.0185. The van der Waals surface area contributed by atoms with Gasteiger partial charge < -0.3 is 24.6 Å². The van der Waals surface area contributed by atoms with Gasteiger partial charge in [0.1, 0.15) is 7.85 Å². The molecule has 124 valence electrons. The van der Waals surface area contributed by atoms with Crippen LogP contribution >= 0.6 is 0 Å². The van der Waals surface area contributed by atoms with Gasteiger partial charge in [-0.15, -0.1) is 0 Å². The third-order valence-corrected chi connectivity index (χ3v) is 4.37. The molecule has 1 aromatic carbocycles. The van der Waals surface area contributed by atoms with E-state index < -0.39 is 5.50 Å². The first-order valence-corrected chi connectivity index (χ1v) is 7.67. The van der Waals surface area contributed by atoms with Crippen molar-refractivity contribution in [3.8, 4) is 11.5 Å². The summed E-state index contributed by atoms with van der Waals surface area (Å²) in [5, 5.41) is 19.3. The minimum absolute atomic E-state index is 0.0385. The SMILES string of the molecule is COc1ccccc1OC.[B]C1(O)CC(O)=CC2CCN(C)C21. The van der Waals surface area contributed by atoms with Crippen LogP contribution in [0.1, 0.15) is 12.8 Å². The summed E-state index contributed by atoms with van der Waals surface area (Å²) in [6.45, 7) is 0.929. The number of likely N-dealkylation sites (N-methyl/N-ethyl adjacent to an activating group) is 1. The zero-order valence-corrected chi connectivity index (χ0v) is 13.9. The Morgan fingerprint density at radius 3 is 2.30 bits per heavy atom. The molecular formula is C17H24BNO4. The fourth-order valence-corrected chi connectivity index (χ4v) is 3.39. The van der Waals surface area contributed by atoms with E-state index in [0.717, 1.165) is 24.5 Å². The number of ether oxygens (including phenoxy) is 2. The van der Waals surface area contributed by atoms with Crippen molar-refractivity contribution < 1.29 is 19.7 Å². The average Bonchev–Trinajstić information content (AvgIpc) is 2.88. The predicted molar refractivity (Wildman–Crippen MR) is 90.1 cm³/mol. The van der Waals surface area contributed by atoms with Crippen molar-refractivity contribution in [1.29, 1.82) is 0 Å². The van der Waals surface area contributed by atoms with Gasteiger partial charge in [0.05, 0.1) is 20.0 Å². The van der Waals surface area contributed by atoms with Crippen LogP contribution in [0.3, 0.4) is 0 Å². The molecule has 3 rings (SSSR count). The first kappa shape index (κ1) is 17.7. The van der Waals surface area contributed by atoms with Crippen LogP contribution < -0.4 is 9.47 Å². The van der Waals surface area contributed by atoms with Crippen LogP contribution in [0.4, 0.5) is 0 Å². The smallest absolute Gasteiger partial charge is 0.160 e. The Kier molecular flexibility index (Phi) is 5.60. The molecule has 6 heteroatoms. The fraction of sp³-hybridized carbons (Fsp3) is 0.529. The molecule has 0 amide bonds. The maximum Gasteiger partial charge on any atom is 0.160 e. The molecular weight excluding hydrogens is 293 g/mol. The number of benzene rings is 1. The maximum absolute atomic E-state index is 9.92. The van der Waals surface area contributed by atoms with E-state index in [4.69, 9.17) is 17.3 Å². The number of rotatable bonds is 2. The van der Waals surface area contributed by atoms with Crippen LogP contribution in [-0.4, -0.2) is 62.3 Å². The van der Waals surface area contributed by atoms with Crippen molar-refractivity contribution in [3.05, 3.63) is 36.1 Å². The molecule has 0 spiro atoms. The summed E-state index contributed by atoms with van der Waals surface area (Å²) < 4.78 is 10.0. The van der Waals surface area contributed by atoms with Crippen molar-refractivity contribution in [2.75, 3.05) is 27.8 Å². The van der Waals surface area contributed by atoms with Crippen LogP contribution in [0.5, 0.6) is 11.5 Å². The second kappa shape index (κ2) is 7.28. The molecule has 3 unspecified atom stereocenters. The van der Waals surface area contributed by atoms with E-state index in [1.54, 1.807) is 14.2 Å². The van der Waals surface area contributed by atoms with E-state index in [2.05, 4.69) is 4.90 Å². The number of aliphatic hydroxyl groups excluding tert-OH is 1. The zero-order valence-electron chi connectivity index (χ0n) is 13.9. The van der Waals surface area contributed by atoms with Gasteiger partial charge in [-0.1, -0.05) is 12.1 Å². The van der Waals surface area contributed by atoms with Crippen LogP contribution in [0, 0.1) is 5.92 Å². The van der Waals surface area contributed by atoms with E-state index in [0.29, 0.717) is 0 Å². The summed E-state index contributed by atoms with van der Waals surface area (Å²) in [7, 11) is 11.0. The Morgan fingerprint density at radius 2 is 1.78 bits per heavy atom. The molecule has 5 nitrogen and oxygen atoms in total. The minimum atomic E-state index is -1.27. The van der Waals surface area contributed by atoms with Gasteiger partial charge in [0.25, 0.3) is 0 Å². The molecule has 1 aliphatic heterocycles. The Morgan fingerprint density at radius 1 is 1.22 bits per heavy atom. The second-order valence-electron chi connectivity index (χ2n) is 6.06. The van der Waals surface area contributed by atoms with Crippen LogP contribution in [0.15, 0.2) is 36.1 Å². The predicted octanol–water partition coefficient (Wildman–Crippen LogP) is 1.71. The van der Waals surface area contributed by atoms with E-state index in [1.165, 1.54) is 0 Å². The molecule has 2 aliphatic rings. The van der Waals surface area contributed by atoms with Gasteiger partial charge in [0, 0.05) is 18.0 Å². The summed E-state index contributed by atoms with van der Waals surface area (Å²) >= 11 is 0. The van der Waals surface area contributed by atoms with E-state index in [-0.39, 0.29) is 24.1 Å². The van der Waals surface area contributed by atoms with Gasteiger partial charge in [-0.2, -0.15) is 0 Å². The number of para-hydroxylation sites is 2. The normalized spacial score (nSPS) is 29.8. The molecule has 1 aliphatic carbocycles. The largest absolute Gasteiger partial charge is 0.513 e. The number of likely N-dealkylation sites (tertiary alicyclic amines) is 1. The highest BCUT2D eigenvalue weighted by Crippen LogP contribution is 2.38. The molecule has 0 saturated carbocycles. The number of aliphatic hydroxyl groups is 2. The highest BCUT2D eigenvalue weighted by molar-refractivity contribution is 6.15. The molecule has 23 heavy (non-hydrogen) atoms. The summed E-state index contributed by atoms with van der Waals surface area (Å²) in [4.78, 5) is 2.06. The first-order chi connectivity index (χ1) is 10.9. The zero-order chi connectivity index (χ0) is 17.0. The summed E-state index contributed by atoms with van der Waals surface area (Å²) in [5.41, 5.74) is -1.27. The highest BCUT2D eigenvalue weighted by Gasteiger charge is 2.45. The van der Waals surface area contributed by atoms with Gasteiger partial charge >= 0.3 is 0 Å². The first-order valence-electron chi connectivity index (χ1n) is 7.67. The molecule has 1 saturated heterocycles.